The predicted molar refractivity (Wildman–Crippen MR) is 91.2 cm³/mol. The Hall–Kier alpha value is -2.21. The molecule has 1 heterocycles. The number of benzene rings is 1. The number of carbonyl (C=O) groups is 1. The minimum absolute atomic E-state index is 0.0403. The minimum atomic E-state index is -1.39. The molecule has 0 radical (unpaired) electrons. The summed E-state index contributed by atoms with van der Waals surface area (Å²) in [6.45, 7) is 8.51. The monoisotopic (exact) mass is 352 g/mol. The molecule has 0 aliphatic carbocycles. The normalized spacial score (nSPS) is 12.2. The fraction of sp³-hybridized carbons (Fsp3) is 0.412. The van der Waals surface area contributed by atoms with Crippen molar-refractivity contribution in [2.24, 2.45) is 5.92 Å². The number of nitrogens with zero attached hydrogens (tertiary/aromatic N) is 2. The lowest BCUT2D eigenvalue weighted by Gasteiger charge is -2.19. The molecule has 1 atom stereocenters. The first-order valence-corrected chi connectivity index (χ1v) is 8.05. The molecule has 2 aromatic rings. The maximum atomic E-state index is 10.7. The van der Waals surface area contributed by atoms with Crippen molar-refractivity contribution in [3.05, 3.63) is 40.5 Å². The predicted octanol–water partition coefficient (Wildman–Crippen LogP) is 4.55. The van der Waals surface area contributed by atoms with Gasteiger partial charge in [-0.15, -0.1) is 5.10 Å². The van der Waals surface area contributed by atoms with Gasteiger partial charge in [0.05, 0.1) is 12.6 Å². The van der Waals surface area contributed by atoms with E-state index in [1.807, 2.05) is 26.0 Å². The first-order valence-electron chi connectivity index (χ1n) is 7.67. The van der Waals surface area contributed by atoms with E-state index in [9.17, 15) is 4.79 Å². The molecule has 0 aliphatic rings. The number of hydrogen-bond donors (Lipinski definition) is 1. The van der Waals surface area contributed by atoms with Gasteiger partial charge in [0.15, 0.2) is 0 Å². The highest BCUT2D eigenvalue weighted by Crippen LogP contribution is 2.32. The molecule has 1 aromatic carbocycles. The Kier molecular flexibility index (Phi) is 5.72. The number of halogens is 1. The van der Waals surface area contributed by atoms with Crippen LogP contribution in [0.4, 0.5) is 4.79 Å². The molecule has 1 N–H and O–H groups in total. The second-order valence-corrected chi connectivity index (χ2v) is 6.44. The Morgan fingerprint density at radius 1 is 1.33 bits per heavy atom. The highest BCUT2D eigenvalue weighted by atomic mass is 35.5. The molecule has 24 heavy (non-hydrogen) atoms. The Morgan fingerprint density at radius 3 is 2.67 bits per heavy atom. The molecule has 1 unspecified atom stereocenters. The van der Waals surface area contributed by atoms with Gasteiger partial charge in [0.1, 0.15) is 5.75 Å². The van der Waals surface area contributed by atoms with Gasteiger partial charge >= 0.3 is 6.16 Å². The number of hydrogen-bond acceptors (Lipinski definition) is 4. The van der Waals surface area contributed by atoms with E-state index in [0.717, 1.165) is 17.0 Å². The molecule has 0 fully saturated rings. The molecule has 130 valence electrons. The summed E-state index contributed by atoms with van der Waals surface area (Å²) in [5.41, 5.74) is 1.64. The highest BCUT2D eigenvalue weighted by molar-refractivity contribution is 6.30. The smallest absolute Gasteiger partial charge is 0.493 e. The minimum Gasteiger partial charge on any atom is -0.493 e. The fourth-order valence-electron chi connectivity index (χ4n) is 2.36. The lowest BCUT2D eigenvalue weighted by Crippen LogP contribution is -2.14. The molecule has 0 saturated carbocycles. The maximum absolute atomic E-state index is 10.7. The summed E-state index contributed by atoms with van der Waals surface area (Å²) in [5.74, 6) is 1.17. The lowest BCUT2D eigenvalue weighted by molar-refractivity contribution is 0.142. The second-order valence-electron chi connectivity index (χ2n) is 6.00. The number of rotatable bonds is 6. The number of aryl methyl sites for hydroxylation is 1. The van der Waals surface area contributed by atoms with Crippen molar-refractivity contribution in [1.29, 1.82) is 0 Å². The molecule has 0 saturated heterocycles. The highest BCUT2D eigenvalue weighted by Gasteiger charge is 2.19. The van der Waals surface area contributed by atoms with Crippen LogP contribution in [-0.2, 0) is 0 Å². The van der Waals surface area contributed by atoms with Gasteiger partial charge < -0.3 is 14.6 Å². The van der Waals surface area contributed by atoms with Crippen LogP contribution in [0.25, 0.3) is 0 Å². The zero-order chi connectivity index (χ0) is 17.9. The van der Waals surface area contributed by atoms with Crippen LogP contribution >= 0.6 is 11.6 Å². The van der Waals surface area contributed by atoms with Gasteiger partial charge in [0, 0.05) is 22.3 Å². The van der Waals surface area contributed by atoms with E-state index in [0.29, 0.717) is 17.5 Å². The standard InChI is InChI=1S/C17H21ClN2O4/c1-10(2)9-23-15-6-5-13(18)8-14(15)12(4)20-11(3)7-16(19-20)24-17(21)22/h5-8,10,12H,9H2,1-4H3,(H,21,22). The summed E-state index contributed by atoms with van der Waals surface area (Å²) in [5, 5.41) is 13.5. The average molecular weight is 353 g/mol. The average Bonchev–Trinajstić information content (AvgIpc) is 2.84. The maximum Gasteiger partial charge on any atom is 0.512 e. The first kappa shape index (κ1) is 18.1. The number of aromatic nitrogens is 2. The summed E-state index contributed by atoms with van der Waals surface area (Å²) in [4.78, 5) is 10.7. The Balaban J connectivity index is 2.34. The molecule has 0 aliphatic heterocycles. The summed E-state index contributed by atoms with van der Waals surface area (Å²) < 4.78 is 12.2. The van der Waals surface area contributed by atoms with Crippen molar-refractivity contribution in [2.75, 3.05) is 6.61 Å². The van der Waals surface area contributed by atoms with Crippen molar-refractivity contribution >= 4 is 17.8 Å². The van der Waals surface area contributed by atoms with Gasteiger partial charge in [-0.1, -0.05) is 25.4 Å². The van der Waals surface area contributed by atoms with Crippen molar-refractivity contribution < 1.29 is 19.4 Å². The quantitative estimate of drug-likeness (QED) is 0.772. The molecule has 1 aromatic heterocycles. The van der Waals surface area contributed by atoms with Crippen LogP contribution in [0.5, 0.6) is 11.6 Å². The largest absolute Gasteiger partial charge is 0.512 e. The van der Waals surface area contributed by atoms with Crippen molar-refractivity contribution in [2.45, 2.75) is 33.7 Å². The van der Waals surface area contributed by atoms with Gasteiger partial charge in [-0.2, -0.15) is 0 Å². The van der Waals surface area contributed by atoms with Crippen LogP contribution in [0.2, 0.25) is 5.02 Å². The van der Waals surface area contributed by atoms with E-state index in [4.69, 9.17) is 21.4 Å². The van der Waals surface area contributed by atoms with Gasteiger partial charge in [0.2, 0.25) is 5.88 Å². The van der Waals surface area contributed by atoms with Crippen LogP contribution < -0.4 is 9.47 Å². The third kappa shape index (κ3) is 4.41. The van der Waals surface area contributed by atoms with Crippen LogP contribution in [0.1, 0.15) is 38.1 Å². The molecule has 7 heteroatoms. The topological polar surface area (TPSA) is 73.6 Å². The SMILES string of the molecule is Cc1cc(OC(=O)O)nn1C(C)c1cc(Cl)ccc1OCC(C)C. The summed E-state index contributed by atoms with van der Waals surface area (Å²) in [7, 11) is 0. The third-order valence-corrected chi connectivity index (χ3v) is 3.69. The van der Waals surface area contributed by atoms with E-state index >= 15 is 0 Å². The van der Waals surface area contributed by atoms with E-state index < -0.39 is 6.16 Å². The van der Waals surface area contributed by atoms with Crippen LogP contribution in [-0.4, -0.2) is 27.6 Å². The van der Waals surface area contributed by atoms with Crippen molar-refractivity contribution in [1.82, 2.24) is 9.78 Å². The molecule has 6 nitrogen and oxygen atoms in total. The summed E-state index contributed by atoms with van der Waals surface area (Å²) in [6.07, 6.45) is -1.39. The Morgan fingerprint density at radius 2 is 2.04 bits per heavy atom. The zero-order valence-corrected chi connectivity index (χ0v) is 14.9. The number of ether oxygens (including phenoxy) is 2. The zero-order valence-electron chi connectivity index (χ0n) is 14.1. The van der Waals surface area contributed by atoms with Crippen molar-refractivity contribution in [3.8, 4) is 11.6 Å². The van der Waals surface area contributed by atoms with E-state index in [1.54, 1.807) is 16.8 Å². The van der Waals surface area contributed by atoms with E-state index in [-0.39, 0.29) is 11.9 Å². The van der Waals surface area contributed by atoms with Crippen LogP contribution in [0, 0.1) is 12.8 Å². The number of carboxylic acid groups (broad SMARTS) is 1. The lowest BCUT2D eigenvalue weighted by atomic mass is 10.1. The van der Waals surface area contributed by atoms with Crippen LogP contribution in [0.15, 0.2) is 24.3 Å². The summed E-state index contributed by atoms with van der Waals surface area (Å²) >= 11 is 6.14. The van der Waals surface area contributed by atoms with E-state index in [2.05, 4.69) is 23.7 Å². The fourth-order valence-corrected chi connectivity index (χ4v) is 2.54. The Bertz CT molecular complexity index is 727. The van der Waals surface area contributed by atoms with Crippen molar-refractivity contribution in [3.63, 3.8) is 0 Å². The second kappa shape index (κ2) is 7.57. The first-order chi connectivity index (χ1) is 11.3. The molecular formula is C17H21ClN2O4. The molecule has 0 amide bonds. The van der Waals surface area contributed by atoms with Gasteiger partial charge in [-0.05, 0) is 38.0 Å². The molecular weight excluding hydrogens is 332 g/mol. The summed E-state index contributed by atoms with van der Waals surface area (Å²) in [6, 6.07) is 6.83. The van der Waals surface area contributed by atoms with Gasteiger partial charge in [-0.25, -0.2) is 4.79 Å². The molecule has 0 bridgehead atoms. The Labute approximate surface area is 146 Å². The van der Waals surface area contributed by atoms with Gasteiger partial charge in [0.25, 0.3) is 0 Å². The van der Waals surface area contributed by atoms with Crippen LogP contribution in [0.3, 0.4) is 0 Å². The molecule has 0 spiro atoms. The third-order valence-electron chi connectivity index (χ3n) is 3.45. The van der Waals surface area contributed by atoms with Gasteiger partial charge in [-0.3, -0.25) is 4.68 Å². The van der Waals surface area contributed by atoms with E-state index in [1.165, 1.54) is 0 Å². The molecule has 2 rings (SSSR count).